The van der Waals surface area contributed by atoms with Gasteiger partial charge in [-0.2, -0.15) is 0 Å². The molecule has 1 heterocycles. The SMILES string of the molecule is Cc1cc(NCC2CCC(C(=O)O)CC2)ccn1. The van der Waals surface area contributed by atoms with E-state index >= 15 is 0 Å². The third-order valence-corrected chi connectivity index (χ3v) is 3.69. The van der Waals surface area contributed by atoms with Crippen LogP contribution < -0.4 is 5.32 Å². The average molecular weight is 248 g/mol. The van der Waals surface area contributed by atoms with E-state index in [1.54, 1.807) is 6.20 Å². The Hall–Kier alpha value is -1.58. The molecule has 0 bridgehead atoms. The summed E-state index contributed by atoms with van der Waals surface area (Å²) in [6, 6.07) is 4.00. The molecule has 2 N–H and O–H groups in total. The van der Waals surface area contributed by atoms with Crippen molar-refractivity contribution in [2.45, 2.75) is 32.6 Å². The fourth-order valence-corrected chi connectivity index (χ4v) is 2.53. The highest BCUT2D eigenvalue weighted by Crippen LogP contribution is 2.29. The molecule has 0 spiro atoms. The van der Waals surface area contributed by atoms with Crippen molar-refractivity contribution in [1.29, 1.82) is 0 Å². The van der Waals surface area contributed by atoms with E-state index in [4.69, 9.17) is 5.11 Å². The zero-order valence-electron chi connectivity index (χ0n) is 10.7. The molecule has 0 saturated heterocycles. The lowest BCUT2D eigenvalue weighted by Crippen LogP contribution is -2.25. The van der Waals surface area contributed by atoms with Gasteiger partial charge in [-0.3, -0.25) is 9.78 Å². The van der Waals surface area contributed by atoms with Gasteiger partial charge in [0.15, 0.2) is 0 Å². The number of aryl methyl sites for hydroxylation is 1. The van der Waals surface area contributed by atoms with Crippen LogP contribution in [0, 0.1) is 18.8 Å². The molecule has 0 aromatic carbocycles. The first-order chi connectivity index (χ1) is 8.65. The minimum atomic E-state index is -0.633. The van der Waals surface area contributed by atoms with Crippen LogP contribution in [0.2, 0.25) is 0 Å². The summed E-state index contributed by atoms with van der Waals surface area (Å²) in [6.45, 7) is 2.90. The molecule has 0 amide bonds. The lowest BCUT2D eigenvalue weighted by molar-refractivity contribution is -0.143. The molecular weight excluding hydrogens is 228 g/mol. The maximum Gasteiger partial charge on any atom is 0.306 e. The number of aromatic nitrogens is 1. The number of hydrogen-bond acceptors (Lipinski definition) is 3. The standard InChI is InChI=1S/C14H20N2O2/c1-10-8-13(6-7-15-10)16-9-11-2-4-12(5-3-11)14(17)18/h6-8,11-12H,2-5,9H2,1H3,(H,15,16)(H,17,18). The van der Waals surface area contributed by atoms with Gasteiger partial charge in [0.1, 0.15) is 0 Å². The first-order valence-corrected chi connectivity index (χ1v) is 6.54. The quantitative estimate of drug-likeness (QED) is 0.860. The lowest BCUT2D eigenvalue weighted by Gasteiger charge is -2.26. The number of rotatable bonds is 4. The molecule has 1 aliphatic carbocycles. The van der Waals surface area contributed by atoms with Crippen molar-refractivity contribution in [2.24, 2.45) is 11.8 Å². The number of nitrogens with zero attached hydrogens (tertiary/aromatic N) is 1. The number of nitrogens with one attached hydrogen (secondary N) is 1. The molecule has 98 valence electrons. The molecule has 1 fully saturated rings. The average Bonchev–Trinajstić information content (AvgIpc) is 2.37. The van der Waals surface area contributed by atoms with Crippen molar-refractivity contribution >= 4 is 11.7 Å². The van der Waals surface area contributed by atoms with Crippen LogP contribution >= 0.6 is 0 Å². The Bertz CT molecular complexity index is 412. The summed E-state index contributed by atoms with van der Waals surface area (Å²) in [4.78, 5) is 15.0. The summed E-state index contributed by atoms with van der Waals surface area (Å²) in [5.41, 5.74) is 2.11. The molecule has 0 radical (unpaired) electrons. The van der Waals surface area contributed by atoms with Gasteiger partial charge in [0.2, 0.25) is 0 Å². The Labute approximate surface area is 107 Å². The Kier molecular flexibility index (Phi) is 4.18. The van der Waals surface area contributed by atoms with Crippen LogP contribution in [0.25, 0.3) is 0 Å². The second-order valence-corrected chi connectivity index (χ2v) is 5.12. The monoisotopic (exact) mass is 248 g/mol. The van der Waals surface area contributed by atoms with Crippen LogP contribution in [0.1, 0.15) is 31.4 Å². The van der Waals surface area contributed by atoms with E-state index in [9.17, 15) is 4.79 Å². The van der Waals surface area contributed by atoms with Gasteiger partial charge >= 0.3 is 5.97 Å². The van der Waals surface area contributed by atoms with Crippen molar-refractivity contribution in [1.82, 2.24) is 4.98 Å². The zero-order chi connectivity index (χ0) is 13.0. The molecule has 0 unspecified atom stereocenters. The minimum Gasteiger partial charge on any atom is -0.481 e. The molecule has 1 aliphatic rings. The largest absolute Gasteiger partial charge is 0.481 e. The topological polar surface area (TPSA) is 62.2 Å². The predicted octanol–water partition coefficient (Wildman–Crippen LogP) is 2.69. The smallest absolute Gasteiger partial charge is 0.306 e. The van der Waals surface area contributed by atoms with Crippen LogP contribution in [-0.4, -0.2) is 22.6 Å². The molecule has 2 rings (SSSR count). The second kappa shape index (κ2) is 5.85. The van der Waals surface area contributed by atoms with Gasteiger partial charge < -0.3 is 10.4 Å². The molecule has 1 saturated carbocycles. The Balaban J connectivity index is 1.77. The summed E-state index contributed by atoms with van der Waals surface area (Å²) < 4.78 is 0. The van der Waals surface area contributed by atoms with Crippen LogP contribution in [0.4, 0.5) is 5.69 Å². The zero-order valence-corrected chi connectivity index (χ0v) is 10.7. The molecule has 0 atom stereocenters. The van der Waals surface area contributed by atoms with E-state index < -0.39 is 5.97 Å². The molecule has 1 aromatic rings. The van der Waals surface area contributed by atoms with Crippen molar-refractivity contribution in [3.8, 4) is 0 Å². The number of carbonyl (C=O) groups is 1. The van der Waals surface area contributed by atoms with Crippen molar-refractivity contribution in [3.63, 3.8) is 0 Å². The van der Waals surface area contributed by atoms with Gasteiger partial charge in [0, 0.05) is 24.1 Å². The third-order valence-electron chi connectivity index (χ3n) is 3.69. The van der Waals surface area contributed by atoms with E-state index in [0.29, 0.717) is 5.92 Å². The van der Waals surface area contributed by atoms with Crippen LogP contribution in [0.3, 0.4) is 0 Å². The highest BCUT2D eigenvalue weighted by atomic mass is 16.4. The fraction of sp³-hybridized carbons (Fsp3) is 0.571. The summed E-state index contributed by atoms with van der Waals surface area (Å²) in [5.74, 6) is -0.162. The molecule has 18 heavy (non-hydrogen) atoms. The van der Waals surface area contributed by atoms with Crippen molar-refractivity contribution in [2.75, 3.05) is 11.9 Å². The third kappa shape index (κ3) is 3.45. The number of carboxylic acid groups (broad SMARTS) is 1. The Morgan fingerprint density at radius 2 is 2.17 bits per heavy atom. The minimum absolute atomic E-state index is 0.121. The van der Waals surface area contributed by atoms with Gasteiger partial charge in [-0.15, -0.1) is 0 Å². The maximum atomic E-state index is 10.9. The summed E-state index contributed by atoms with van der Waals surface area (Å²) in [5, 5.41) is 12.4. The summed E-state index contributed by atoms with van der Waals surface area (Å²) in [7, 11) is 0. The van der Waals surface area contributed by atoms with E-state index in [1.807, 2.05) is 19.1 Å². The van der Waals surface area contributed by atoms with E-state index in [0.717, 1.165) is 43.6 Å². The summed E-state index contributed by atoms with van der Waals surface area (Å²) in [6.07, 6.45) is 5.45. The molecule has 4 nitrogen and oxygen atoms in total. The van der Waals surface area contributed by atoms with E-state index in [-0.39, 0.29) is 5.92 Å². The van der Waals surface area contributed by atoms with Crippen LogP contribution in [-0.2, 0) is 4.79 Å². The normalized spacial score (nSPS) is 23.6. The summed E-state index contributed by atoms with van der Waals surface area (Å²) >= 11 is 0. The van der Waals surface area contributed by atoms with Crippen LogP contribution in [0.15, 0.2) is 18.3 Å². The molecular formula is C14H20N2O2. The van der Waals surface area contributed by atoms with Gasteiger partial charge in [0.05, 0.1) is 5.92 Å². The van der Waals surface area contributed by atoms with Gasteiger partial charge in [0.25, 0.3) is 0 Å². The first kappa shape index (κ1) is 12.9. The predicted molar refractivity (Wildman–Crippen MR) is 70.5 cm³/mol. The number of aliphatic carboxylic acids is 1. The first-order valence-electron chi connectivity index (χ1n) is 6.54. The fourth-order valence-electron chi connectivity index (χ4n) is 2.53. The number of hydrogen-bond donors (Lipinski definition) is 2. The number of pyridine rings is 1. The molecule has 1 aromatic heterocycles. The second-order valence-electron chi connectivity index (χ2n) is 5.12. The Morgan fingerprint density at radius 3 is 2.78 bits per heavy atom. The molecule has 4 heteroatoms. The van der Waals surface area contributed by atoms with E-state index in [1.165, 1.54) is 0 Å². The number of carboxylic acids is 1. The molecule has 0 aliphatic heterocycles. The lowest BCUT2D eigenvalue weighted by atomic mass is 9.82. The van der Waals surface area contributed by atoms with Gasteiger partial charge in [-0.05, 0) is 50.7 Å². The van der Waals surface area contributed by atoms with Gasteiger partial charge in [-0.25, -0.2) is 0 Å². The Morgan fingerprint density at radius 1 is 1.44 bits per heavy atom. The van der Waals surface area contributed by atoms with Crippen molar-refractivity contribution in [3.05, 3.63) is 24.0 Å². The van der Waals surface area contributed by atoms with Crippen molar-refractivity contribution < 1.29 is 9.90 Å². The highest BCUT2D eigenvalue weighted by molar-refractivity contribution is 5.70. The number of anilines is 1. The highest BCUT2D eigenvalue weighted by Gasteiger charge is 2.25. The van der Waals surface area contributed by atoms with Gasteiger partial charge in [-0.1, -0.05) is 0 Å². The van der Waals surface area contributed by atoms with Crippen LogP contribution in [0.5, 0.6) is 0 Å². The van der Waals surface area contributed by atoms with E-state index in [2.05, 4.69) is 10.3 Å². The maximum absolute atomic E-state index is 10.9.